The number of anilines is 1. The van der Waals surface area contributed by atoms with Crippen LogP contribution in [0.1, 0.15) is 28.8 Å². The Balaban J connectivity index is 1.87. The molecule has 2 aromatic carbocycles. The van der Waals surface area contributed by atoms with Gasteiger partial charge in [-0.2, -0.15) is 0 Å². The number of aryl methyl sites for hydroxylation is 1. The lowest BCUT2D eigenvalue weighted by molar-refractivity contribution is 0.0696. The molecule has 3 heterocycles. The number of hydrogen-bond acceptors (Lipinski definition) is 6. The van der Waals surface area contributed by atoms with Gasteiger partial charge in [0.05, 0.1) is 30.1 Å². The minimum Gasteiger partial charge on any atom is -0.496 e. The molecule has 1 fully saturated rings. The highest BCUT2D eigenvalue weighted by atomic mass is 35.5. The van der Waals surface area contributed by atoms with Crippen molar-refractivity contribution in [3.05, 3.63) is 62.9 Å². The van der Waals surface area contributed by atoms with Crippen LogP contribution in [-0.4, -0.2) is 51.4 Å². The number of piperidine rings is 1. The molecule has 1 aliphatic heterocycles. The molecule has 3 N–H and O–H groups in total. The smallest absolute Gasteiger partial charge is 0.335 e. The van der Waals surface area contributed by atoms with Gasteiger partial charge in [-0.15, -0.1) is 0 Å². The number of nitrogens with zero attached hydrogens (tertiary/aromatic N) is 4. The maximum atomic E-state index is 13.7. The molecule has 0 amide bonds. The van der Waals surface area contributed by atoms with Crippen molar-refractivity contribution in [1.29, 1.82) is 0 Å². The van der Waals surface area contributed by atoms with E-state index in [0.717, 1.165) is 24.9 Å². The fraction of sp³-hybridized carbons (Fsp3) is 0.320. The van der Waals surface area contributed by atoms with Crippen LogP contribution in [0.4, 0.5) is 5.95 Å². The van der Waals surface area contributed by atoms with E-state index in [-0.39, 0.29) is 17.2 Å². The molecule has 2 aromatic heterocycles. The highest BCUT2D eigenvalue weighted by Crippen LogP contribution is 2.35. The van der Waals surface area contributed by atoms with Crippen LogP contribution in [0.5, 0.6) is 5.75 Å². The van der Waals surface area contributed by atoms with Crippen molar-refractivity contribution in [2.24, 2.45) is 12.8 Å². The van der Waals surface area contributed by atoms with Crippen molar-refractivity contribution in [2.75, 3.05) is 25.1 Å². The van der Waals surface area contributed by atoms with Crippen molar-refractivity contribution >= 4 is 45.5 Å². The number of hydrogen-bond donors (Lipinski definition) is 2. The first-order valence-electron chi connectivity index (χ1n) is 11.4. The molecule has 0 bridgehead atoms. The van der Waals surface area contributed by atoms with Gasteiger partial charge in [0.25, 0.3) is 5.56 Å². The van der Waals surface area contributed by atoms with E-state index in [1.165, 1.54) is 23.8 Å². The monoisotopic (exact) mass is 495 g/mol. The van der Waals surface area contributed by atoms with Crippen molar-refractivity contribution in [3.63, 3.8) is 0 Å². The second-order valence-corrected chi connectivity index (χ2v) is 9.28. The predicted octanol–water partition coefficient (Wildman–Crippen LogP) is 3.22. The third-order valence-electron chi connectivity index (χ3n) is 6.63. The summed E-state index contributed by atoms with van der Waals surface area (Å²) in [5.41, 5.74) is 8.16. The van der Waals surface area contributed by atoms with E-state index in [4.69, 9.17) is 27.1 Å². The van der Waals surface area contributed by atoms with Gasteiger partial charge in [-0.05, 0) is 36.6 Å². The minimum absolute atomic E-state index is 0.00423. The van der Waals surface area contributed by atoms with Gasteiger partial charge < -0.3 is 29.6 Å². The summed E-state index contributed by atoms with van der Waals surface area (Å²) in [5, 5.41) is 10.8. The summed E-state index contributed by atoms with van der Waals surface area (Å²) in [6.07, 6.45) is 1.85. The number of aromatic carboxylic acids is 1. The Kier molecular flexibility index (Phi) is 5.90. The number of nitrogens with two attached hydrogens (primary N) is 1. The Morgan fingerprint density at radius 2 is 2.09 bits per heavy atom. The first kappa shape index (κ1) is 23.2. The van der Waals surface area contributed by atoms with E-state index >= 15 is 0 Å². The molecule has 1 aliphatic rings. The van der Waals surface area contributed by atoms with E-state index in [1.807, 2.05) is 28.8 Å². The maximum Gasteiger partial charge on any atom is 0.335 e. The van der Waals surface area contributed by atoms with Crippen molar-refractivity contribution < 1.29 is 14.6 Å². The third kappa shape index (κ3) is 3.90. The number of methoxy groups -OCH3 is 1. The number of ether oxygens (including phenoxy) is 1. The molecule has 0 aliphatic carbocycles. The molecule has 0 spiro atoms. The SMILES string of the molecule is COc1cc(C(=O)O)cc2c1c1nc(N3CCC[C@@H](N)C3)n(Cc3ccccc3Cl)c1c(=O)n2C. The van der Waals surface area contributed by atoms with Crippen molar-refractivity contribution in [1.82, 2.24) is 14.1 Å². The molecule has 182 valence electrons. The van der Waals surface area contributed by atoms with Gasteiger partial charge in [0, 0.05) is 31.2 Å². The molecule has 0 saturated carbocycles. The summed E-state index contributed by atoms with van der Waals surface area (Å²) in [5.74, 6) is -0.140. The number of carboxylic acid groups (broad SMARTS) is 1. The van der Waals surface area contributed by atoms with Gasteiger partial charge in [-0.1, -0.05) is 29.8 Å². The zero-order chi connectivity index (χ0) is 24.9. The van der Waals surface area contributed by atoms with E-state index in [9.17, 15) is 14.7 Å². The zero-order valence-electron chi connectivity index (χ0n) is 19.5. The minimum atomic E-state index is -1.11. The first-order chi connectivity index (χ1) is 16.8. The van der Waals surface area contributed by atoms with Crippen LogP contribution in [0.25, 0.3) is 21.9 Å². The van der Waals surface area contributed by atoms with Crippen LogP contribution in [0.3, 0.4) is 0 Å². The van der Waals surface area contributed by atoms with E-state index < -0.39 is 5.97 Å². The average Bonchev–Trinajstić information content (AvgIpc) is 3.22. The van der Waals surface area contributed by atoms with E-state index in [1.54, 1.807) is 7.05 Å². The van der Waals surface area contributed by atoms with Gasteiger partial charge in [0.1, 0.15) is 16.8 Å². The predicted molar refractivity (Wildman–Crippen MR) is 136 cm³/mol. The number of aromatic nitrogens is 3. The normalized spacial score (nSPS) is 16.2. The van der Waals surface area contributed by atoms with Gasteiger partial charge in [-0.25, -0.2) is 9.78 Å². The van der Waals surface area contributed by atoms with E-state index in [2.05, 4.69) is 4.90 Å². The van der Waals surface area contributed by atoms with Crippen LogP contribution in [0.2, 0.25) is 5.02 Å². The molecule has 0 radical (unpaired) electrons. The number of fused-ring (bicyclic) bond motifs is 3. The summed E-state index contributed by atoms with van der Waals surface area (Å²) >= 11 is 6.49. The molecule has 35 heavy (non-hydrogen) atoms. The largest absolute Gasteiger partial charge is 0.496 e. The van der Waals surface area contributed by atoms with Gasteiger partial charge in [-0.3, -0.25) is 4.79 Å². The standard InChI is InChI=1S/C25H26ClN5O4/c1-29-18-10-15(24(33)34)11-19(35-2)20(18)21-22(23(29)32)31(12-14-6-3-4-8-17(14)26)25(28-21)30-9-5-7-16(27)13-30/h3-4,6,8,10-11,16H,5,7,9,12-13,27H2,1-2H3,(H,33,34)/t16-/m1/s1. The molecule has 9 nitrogen and oxygen atoms in total. The first-order valence-corrected chi connectivity index (χ1v) is 11.8. The van der Waals surface area contributed by atoms with Crippen LogP contribution >= 0.6 is 11.6 Å². The Bertz CT molecular complexity index is 1530. The van der Waals surface area contributed by atoms with Crippen LogP contribution < -0.4 is 20.9 Å². The number of pyridine rings is 1. The van der Waals surface area contributed by atoms with E-state index in [0.29, 0.717) is 51.7 Å². The molecule has 4 aromatic rings. The maximum absolute atomic E-state index is 13.7. The lowest BCUT2D eigenvalue weighted by atomic mass is 10.1. The molecule has 5 rings (SSSR count). The fourth-order valence-corrected chi connectivity index (χ4v) is 5.06. The van der Waals surface area contributed by atoms with Crippen LogP contribution in [0, 0.1) is 0 Å². The second-order valence-electron chi connectivity index (χ2n) is 8.88. The highest BCUT2D eigenvalue weighted by Gasteiger charge is 2.27. The Morgan fingerprint density at radius 3 is 2.77 bits per heavy atom. The Labute approximate surface area is 206 Å². The van der Waals surface area contributed by atoms with Crippen LogP contribution in [-0.2, 0) is 13.6 Å². The molecule has 1 atom stereocenters. The molecule has 10 heteroatoms. The highest BCUT2D eigenvalue weighted by molar-refractivity contribution is 6.31. The quantitative estimate of drug-likeness (QED) is 0.436. The zero-order valence-corrected chi connectivity index (χ0v) is 20.2. The summed E-state index contributed by atoms with van der Waals surface area (Å²) in [6, 6.07) is 10.4. The molecular weight excluding hydrogens is 470 g/mol. The van der Waals surface area contributed by atoms with Gasteiger partial charge in [0.2, 0.25) is 5.95 Å². The fourth-order valence-electron chi connectivity index (χ4n) is 4.87. The average molecular weight is 496 g/mol. The number of carboxylic acids is 1. The number of imidazole rings is 1. The number of rotatable bonds is 5. The molecular formula is C25H26ClN5O4. The lowest BCUT2D eigenvalue weighted by Crippen LogP contribution is -2.44. The number of carbonyl (C=O) groups is 1. The second kappa shape index (κ2) is 8.90. The topological polar surface area (TPSA) is 116 Å². The summed E-state index contributed by atoms with van der Waals surface area (Å²) < 4.78 is 8.92. The molecule has 1 saturated heterocycles. The third-order valence-corrected chi connectivity index (χ3v) is 7.00. The number of benzene rings is 2. The van der Waals surface area contributed by atoms with Crippen LogP contribution in [0.15, 0.2) is 41.2 Å². The summed E-state index contributed by atoms with van der Waals surface area (Å²) in [7, 11) is 3.10. The van der Waals surface area contributed by atoms with Gasteiger partial charge >= 0.3 is 5.97 Å². The van der Waals surface area contributed by atoms with Gasteiger partial charge in [0.15, 0.2) is 0 Å². The molecule has 0 unspecified atom stereocenters. The van der Waals surface area contributed by atoms with Crippen molar-refractivity contribution in [3.8, 4) is 5.75 Å². The summed E-state index contributed by atoms with van der Waals surface area (Å²) in [6.45, 7) is 1.72. The summed E-state index contributed by atoms with van der Waals surface area (Å²) in [4.78, 5) is 32.5. The number of halogens is 1. The lowest BCUT2D eigenvalue weighted by Gasteiger charge is -2.32. The van der Waals surface area contributed by atoms with Crippen molar-refractivity contribution in [2.45, 2.75) is 25.4 Å². The Hall–Kier alpha value is -3.56. The Morgan fingerprint density at radius 1 is 1.31 bits per heavy atom.